The van der Waals surface area contributed by atoms with Crippen LogP contribution in [0.5, 0.6) is 5.75 Å². The zero-order valence-corrected chi connectivity index (χ0v) is 16.3. The van der Waals surface area contributed by atoms with Crippen LogP contribution in [0.2, 0.25) is 0 Å². The minimum atomic E-state index is -0.0284. The van der Waals surface area contributed by atoms with E-state index in [9.17, 15) is 4.79 Å². The molecular weight excluding hydrogens is 354 g/mol. The smallest absolute Gasteiger partial charge is 0.256 e. The van der Waals surface area contributed by atoms with E-state index in [1.165, 1.54) is 0 Å². The third kappa shape index (κ3) is 3.73. The van der Waals surface area contributed by atoms with Gasteiger partial charge in [-0.15, -0.1) is 0 Å². The van der Waals surface area contributed by atoms with Crippen molar-refractivity contribution in [1.29, 1.82) is 0 Å². The highest BCUT2D eigenvalue weighted by Gasteiger charge is 2.26. The molecular formula is C22H25N3O3. The third-order valence-corrected chi connectivity index (χ3v) is 5.21. The first-order valence-corrected chi connectivity index (χ1v) is 9.62. The van der Waals surface area contributed by atoms with Crippen LogP contribution in [-0.2, 0) is 11.3 Å². The maximum Gasteiger partial charge on any atom is 0.256 e. The summed E-state index contributed by atoms with van der Waals surface area (Å²) < 4.78 is 11.3. The Labute approximate surface area is 164 Å². The molecule has 1 unspecified atom stereocenters. The number of methoxy groups -OCH3 is 1. The van der Waals surface area contributed by atoms with Crippen molar-refractivity contribution >= 4 is 16.8 Å². The number of carbonyl (C=O) groups excluding carboxylic acids is 1. The van der Waals surface area contributed by atoms with Gasteiger partial charge in [-0.3, -0.25) is 9.89 Å². The Hall–Kier alpha value is -2.86. The number of aromatic nitrogens is 2. The standard InChI is InChI=1S/C22H25N3O3/c1-15-10-17-12-23-24-21(17)19(11-15)22(26)25(14-18-7-5-9-28-18)13-16-6-3-4-8-20(16)27-2/h3-4,6,8,10-12,18H,5,7,9,13-14H2,1-2H3,(H,23,24). The predicted molar refractivity (Wildman–Crippen MR) is 108 cm³/mol. The van der Waals surface area contributed by atoms with E-state index in [4.69, 9.17) is 9.47 Å². The van der Waals surface area contributed by atoms with Gasteiger partial charge >= 0.3 is 0 Å². The van der Waals surface area contributed by atoms with E-state index in [1.54, 1.807) is 13.3 Å². The number of para-hydroxylation sites is 1. The van der Waals surface area contributed by atoms with E-state index in [0.29, 0.717) is 18.7 Å². The second-order valence-electron chi connectivity index (χ2n) is 7.28. The Bertz CT molecular complexity index is 976. The van der Waals surface area contributed by atoms with Gasteiger partial charge in [-0.1, -0.05) is 18.2 Å². The van der Waals surface area contributed by atoms with Crippen LogP contribution in [0.1, 0.15) is 34.3 Å². The maximum atomic E-state index is 13.6. The summed E-state index contributed by atoms with van der Waals surface area (Å²) in [5.41, 5.74) is 3.42. The van der Waals surface area contributed by atoms with Crippen molar-refractivity contribution < 1.29 is 14.3 Å². The molecule has 28 heavy (non-hydrogen) atoms. The molecule has 1 aromatic heterocycles. The fourth-order valence-electron chi connectivity index (χ4n) is 3.84. The molecule has 3 aromatic rings. The number of hydrogen-bond donors (Lipinski definition) is 1. The molecule has 1 aliphatic heterocycles. The molecule has 0 spiro atoms. The van der Waals surface area contributed by atoms with Gasteiger partial charge < -0.3 is 14.4 Å². The van der Waals surface area contributed by atoms with Crippen molar-refractivity contribution in [2.75, 3.05) is 20.3 Å². The number of benzene rings is 2. The first kappa shape index (κ1) is 18.5. The van der Waals surface area contributed by atoms with E-state index in [1.807, 2.05) is 48.2 Å². The fourth-order valence-corrected chi connectivity index (χ4v) is 3.84. The van der Waals surface area contributed by atoms with Crippen LogP contribution in [0.4, 0.5) is 0 Å². The van der Waals surface area contributed by atoms with E-state index in [0.717, 1.165) is 47.2 Å². The molecule has 0 bridgehead atoms. The van der Waals surface area contributed by atoms with Crippen molar-refractivity contribution in [2.45, 2.75) is 32.4 Å². The van der Waals surface area contributed by atoms with E-state index < -0.39 is 0 Å². The summed E-state index contributed by atoms with van der Waals surface area (Å²) in [5, 5.41) is 8.04. The summed E-state index contributed by atoms with van der Waals surface area (Å²) in [6, 6.07) is 11.8. The van der Waals surface area contributed by atoms with E-state index >= 15 is 0 Å². The normalized spacial score (nSPS) is 16.4. The van der Waals surface area contributed by atoms with E-state index in [2.05, 4.69) is 10.2 Å². The Morgan fingerprint density at radius 2 is 2.21 bits per heavy atom. The van der Waals surface area contributed by atoms with Crippen LogP contribution < -0.4 is 4.74 Å². The molecule has 4 rings (SSSR count). The van der Waals surface area contributed by atoms with Crippen LogP contribution in [-0.4, -0.2) is 47.4 Å². The number of H-pyrrole nitrogens is 1. The molecule has 1 aliphatic rings. The molecule has 1 fully saturated rings. The minimum absolute atomic E-state index is 0.0284. The highest BCUT2D eigenvalue weighted by atomic mass is 16.5. The van der Waals surface area contributed by atoms with Crippen LogP contribution in [0, 0.1) is 6.92 Å². The summed E-state index contributed by atoms with van der Waals surface area (Å²) >= 11 is 0. The Balaban J connectivity index is 1.69. The molecule has 2 heterocycles. The van der Waals surface area contributed by atoms with Crippen LogP contribution in [0.15, 0.2) is 42.6 Å². The number of amides is 1. The zero-order valence-electron chi connectivity index (χ0n) is 16.3. The van der Waals surface area contributed by atoms with Crippen LogP contribution in [0.3, 0.4) is 0 Å². The number of hydrogen-bond acceptors (Lipinski definition) is 4. The van der Waals surface area contributed by atoms with Gasteiger partial charge in [0.15, 0.2) is 0 Å². The average Bonchev–Trinajstić information content (AvgIpc) is 3.38. The maximum absolute atomic E-state index is 13.6. The lowest BCUT2D eigenvalue weighted by atomic mass is 10.1. The quantitative estimate of drug-likeness (QED) is 0.709. The molecule has 146 valence electrons. The molecule has 6 nitrogen and oxygen atoms in total. The SMILES string of the molecule is COc1ccccc1CN(CC1CCCO1)C(=O)c1cc(C)cc2cn[nH]c12. The second kappa shape index (κ2) is 8.02. The van der Waals surface area contributed by atoms with Gasteiger partial charge in [0.1, 0.15) is 5.75 Å². The molecule has 2 aromatic carbocycles. The number of aryl methyl sites for hydroxylation is 1. The Morgan fingerprint density at radius 3 is 3.00 bits per heavy atom. The van der Waals surface area contributed by atoms with Gasteiger partial charge in [-0.2, -0.15) is 5.10 Å². The van der Waals surface area contributed by atoms with Crippen LogP contribution in [0.25, 0.3) is 10.9 Å². The largest absolute Gasteiger partial charge is 0.496 e. The zero-order chi connectivity index (χ0) is 19.5. The van der Waals surface area contributed by atoms with Gasteiger partial charge in [-0.25, -0.2) is 0 Å². The number of carbonyl (C=O) groups is 1. The predicted octanol–water partition coefficient (Wildman–Crippen LogP) is 3.70. The van der Waals surface area contributed by atoms with Gasteiger partial charge in [0.2, 0.25) is 0 Å². The summed E-state index contributed by atoms with van der Waals surface area (Å²) in [7, 11) is 1.65. The van der Waals surface area contributed by atoms with Crippen molar-refractivity contribution in [3.05, 3.63) is 59.3 Å². The molecule has 0 radical (unpaired) electrons. The van der Waals surface area contributed by atoms with Crippen LogP contribution >= 0.6 is 0 Å². The summed E-state index contributed by atoms with van der Waals surface area (Å²) in [4.78, 5) is 15.4. The van der Waals surface area contributed by atoms with Crippen molar-refractivity contribution in [3.63, 3.8) is 0 Å². The summed E-state index contributed by atoms with van der Waals surface area (Å²) in [6.45, 7) is 3.77. The monoisotopic (exact) mass is 379 g/mol. The summed E-state index contributed by atoms with van der Waals surface area (Å²) in [5.74, 6) is 0.753. The Kier molecular flexibility index (Phi) is 5.30. The molecule has 1 saturated heterocycles. The molecule has 1 N–H and O–H groups in total. The fraction of sp³-hybridized carbons (Fsp3) is 0.364. The Morgan fingerprint density at radius 1 is 1.36 bits per heavy atom. The number of rotatable bonds is 6. The van der Waals surface area contributed by atoms with Crippen molar-refractivity contribution in [2.24, 2.45) is 0 Å². The van der Waals surface area contributed by atoms with Gasteiger partial charge in [0, 0.05) is 30.6 Å². The summed E-state index contributed by atoms with van der Waals surface area (Å²) in [6.07, 6.45) is 3.84. The van der Waals surface area contributed by atoms with Gasteiger partial charge in [0.25, 0.3) is 5.91 Å². The van der Waals surface area contributed by atoms with Gasteiger partial charge in [0.05, 0.1) is 30.5 Å². The number of aromatic amines is 1. The molecule has 0 aliphatic carbocycles. The highest BCUT2D eigenvalue weighted by Crippen LogP contribution is 2.25. The minimum Gasteiger partial charge on any atom is -0.496 e. The number of fused-ring (bicyclic) bond motifs is 1. The third-order valence-electron chi connectivity index (χ3n) is 5.21. The average molecular weight is 379 g/mol. The molecule has 0 saturated carbocycles. The lowest BCUT2D eigenvalue weighted by molar-refractivity contribution is 0.0507. The lowest BCUT2D eigenvalue weighted by Gasteiger charge is -2.26. The first-order chi connectivity index (χ1) is 13.7. The molecule has 6 heteroatoms. The number of nitrogens with zero attached hydrogens (tertiary/aromatic N) is 2. The molecule has 1 amide bonds. The van der Waals surface area contributed by atoms with Crippen molar-refractivity contribution in [1.82, 2.24) is 15.1 Å². The lowest BCUT2D eigenvalue weighted by Crippen LogP contribution is -2.37. The highest BCUT2D eigenvalue weighted by molar-refractivity contribution is 6.05. The van der Waals surface area contributed by atoms with E-state index in [-0.39, 0.29) is 12.0 Å². The first-order valence-electron chi connectivity index (χ1n) is 9.62. The van der Waals surface area contributed by atoms with Crippen molar-refractivity contribution in [3.8, 4) is 5.75 Å². The van der Waals surface area contributed by atoms with Gasteiger partial charge in [-0.05, 0) is 43.5 Å². The number of ether oxygens (including phenoxy) is 2. The number of nitrogens with one attached hydrogen (secondary N) is 1. The molecule has 1 atom stereocenters. The topological polar surface area (TPSA) is 67.5 Å². The second-order valence-corrected chi connectivity index (χ2v) is 7.28.